The number of nitrogens with zero attached hydrogens (tertiary/aromatic N) is 1. The molecule has 21 heavy (non-hydrogen) atoms. The van der Waals surface area contributed by atoms with Crippen molar-refractivity contribution in [3.8, 4) is 0 Å². The summed E-state index contributed by atoms with van der Waals surface area (Å²) in [6.45, 7) is 0. The van der Waals surface area contributed by atoms with Gasteiger partial charge in [-0.25, -0.2) is 8.42 Å². The molecule has 110 valence electrons. The topological polar surface area (TPSA) is 58.5 Å². The highest BCUT2D eigenvalue weighted by atomic mass is 35.5. The van der Waals surface area contributed by atoms with Crippen LogP contribution in [-0.4, -0.2) is 19.9 Å². The average Bonchev–Trinajstić information content (AvgIpc) is 2.90. The number of thiophene rings is 1. The molecule has 0 amide bonds. The number of hydrogen-bond donors (Lipinski definition) is 1. The maximum atomic E-state index is 11.9. The van der Waals surface area contributed by atoms with E-state index in [0.29, 0.717) is 37.6 Å². The van der Waals surface area contributed by atoms with Gasteiger partial charge in [-0.05, 0) is 29.6 Å². The molecule has 0 bridgehead atoms. The van der Waals surface area contributed by atoms with Gasteiger partial charge in [0.1, 0.15) is 4.21 Å². The molecule has 8 heteroatoms. The highest BCUT2D eigenvalue weighted by Gasteiger charge is 2.29. The van der Waals surface area contributed by atoms with Gasteiger partial charge in [-0.1, -0.05) is 23.2 Å². The summed E-state index contributed by atoms with van der Waals surface area (Å²) in [7, 11) is -3.16. The maximum Gasteiger partial charge on any atom is 0.188 e. The Labute approximate surface area is 136 Å². The van der Waals surface area contributed by atoms with Gasteiger partial charge in [0.2, 0.25) is 0 Å². The number of nitrogens with one attached hydrogen (secondary N) is 1. The number of rotatable bonds is 2. The number of sulfone groups is 1. The highest BCUT2D eigenvalue weighted by Crippen LogP contribution is 2.31. The molecule has 0 saturated carbocycles. The van der Waals surface area contributed by atoms with Crippen LogP contribution in [0.4, 0.5) is 5.69 Å². The molecule has 1 N–H and O–H groups in total. The summed E-state index contributed by atoms with van der Waals surface area (Å²) >= 11 is 13.1. The zero-order valence-corrected chi connectivity index (χ0v) is 13.8. The van der Waals surface area contributed by atoms with Crippen LogP contribution in [0.3, 0.4) is 0 Å². The van der Waals surface area contributed by atoms with E-state index in [9.17, 15) is 8.42 Å². The zero-order valence-electron chi connectivity index (χ0n) is 10.6. The first-order chi connectivity index (χ1) is 9.97. The molecule has 0 fully saturated rings. The molecule has 0 saturated heterocycles. The first kappa shape index (κ1) is 14.8. The molecular weight excluding hydrogens is 351 g/mol. The van der Waals surface area contributed by atoms with Crippen molar-refractivity contribution >= 4 is 55.8 Å². The van der Waals surface area contributed by atoms with Crippen molar-refractivity contribution in [3.63, 3.8) is 0 Å². The Morgan fingerprint density at radius 2 is 2.05 bits per heavy atom. The third kappa shape index (κ3) is 2.94. The van der Waals surface area contributed by atoms with E-state index in [1.54, 1.807) is 29.6 Å². The molecule has 0 atom stereocenters. The number of fused-ring (bicyclic) bond motifs is 1. The van der Waals surface area contributed by atoms with Crippen LogP contribution < -0.4 is 5.43 Å². The van der Waals surface area contributed by atoms with Gasteiger partial charge < -0.3 is 0 Å². The molecule has 0 radical (unpaired) electrons. The fourth-order valence-corrected chi connectivity index (χ4v) is 5.30. The molecular formula is C13H10Cl2N2O2S2. The van der Waals surface area contributed by atoms with E-state index in [1.165, 1.54) is 11.3 Å². The lowest BCUT2D eigenvalue weighted by molar-refractivity contribution is 0.597. The van der Waals surface area contributed by atoms with Crippen LogP contribution in [0.1, 0.15) is 12.0 Å². The van der Waals surface area contributed by atoms with Gasteiger partial charge in [0.05, 0.1) is 22.2 Å². The predicted octanol–water partition coefficient (Wildman–Crippen LogP) is 4.05. The fraction of sp³-hybridized carbons (Fsp3) is 0.154. The Balaban J connectivity index is 1.92. The minimum Gasteiger partial charge on any atom is -0.277 e. The second-order valence-corrected chi connectivity index (χ2v) is 8.55. The van der Waals surface area contributed by atoms with Gasteiger partial charge in [-0.15, -0.1) is 11.3 Å². The van der Waals surface area contributed by atoms with Crippen LogP contribution in [0.2, 0.25) is 10.0 Å². The van der Waals surface area contributed by atoms with Gasteiger partial charge in [0.25, 0.3) is 0 Å². The zero-order chi connectivity index (χ0) is 15.0. The molecule has 0 aliphatic carbocycles. The summed E-state index contributed by atoms with van der Waals surface area (Å²) in [5, 5.41) is 7.07. The lowest BCUT2D eigenvalue weighted by Gasteiger charge is -2.14. The monoisotopic (exact) mass is 360 g/mol. The number of halogens is 2. The van der Waals surface area contributed by atoms with E-state index in [4.69, 9.17) is 23.2 Å². The summed E-state index contributed by atoms with van der Waals surface area (Å²) in [4.78, 5) is 0. The molecule has 3 rings (SSSR count). The van der Waals surface area contributed by atoms with Crippen molar-refractivity contribution < 1.29 is 8.42 Å². The van der Waals surface area contributed by atoms with E-state index in [0.717, 1.165) is 0 Å². The third-order valence-corrected chi connectivity index (χ3v) is 6.90. The summed E-state index contributed by atoms with van der Waals surface area (Å²) in [5.41, 5.74) is 4.88. The Hall–Kier alpha value is -1.08. The Kier molecular flexibility index (Phi) is 3.96. The molecule has 2 heterocycles. The van der Waals surface area contributed by atoms with Crippen LogP contribution in [0.15, 0.2) is 39.0 Å². The number of benzene rings is 1. The van der Waals surface area contributed by atoms with Gasteiger partial charge in [-0.3, -0.25) is 5.43 Å². The van der Waals surface area contributed by atoms with Gasteiger partial charge >= 0.3 is 0 Å². The van der Waals surface area contributed by atoms with Crippen molar-refractivity contribution in [1.82, 2.24) is 0 Å². The van der Waals surface area contributed by atoms with Gasteiger partial charge in [-0.2, -0.15) is 5.10 Å². The molecule has 1 aliphatic rings. The minimum atomic E-state index is -3.16. The lowest BCUT2D eigenvalue weighted by Crippen LogP contribution is -2.20. The average molecular weight is 361 g/mol. The number of hydrogen-bond acceptors (Lipinski definition) is 5. The Bertz CT molecular complexity index is 828. The van der Waals surface area contributed by atoms with E-state index in [2.05, 4.69) is 10.5 Å². The van der Waals surface area contributed by atoms with E-state index in [-0.39, 0.29) is 5.75 Å². The normalized spacial score (nSPS) is 18.5. The van der Waals surface area contributed by atoms with Crippen LogP contribution in [0, 0.1) is 0 Å². The molecule has 0 unspecified atom stereocenters. The predicted molar refractivity (Wildman–Crippen MR) is 87.6 cm³/mol. The van der Waals surface area contributed by atoms with Gasteiger partial charge in [0, 0.05) is 17.0 Å². The largest absolute Gasteiger partial charge is 0.277 e. The van der Waals surface area contributed by atoms with Crippen molar-refractivity contribution in [3.05, 3.63) is 45.3 Å². The Morgan fingerprint density at radius 1 is 1.24 bits per heavy atom. The summed E-state index contributed by atoms with van der Waals surface area (Å²) in [6, 6.07) is 6.83. The third-order valence-electron chi connectivity index (χ3n) is 3.07. The maximum absolute atomic E-state index is 11.9. The fourth-order valence-electron chi connectivity index (χ4n) is 2.03. The molecule has 1 aromatic carbocycles. The second kappa shape index (κ2) is 5.61. The first-order valence-electron chi connectivity index (χ1n) is 6.05. The molecule has 1 aromatic heterocycles. The van der Waals surface area contributed by atoms with Gasteiger partial charge in [0.15, 0.2) is 9.84 Å². The van der Waals surface area contributed by atoms with Crippen molar-refractivity contribution in [2.75, 3.05) is 11.2 Å². The number of anilines is 1. The minimum absolute atomic E-state index is 0.0787. The smallest absolute Gasteiger partial charge is 0.188 e. The van der Waals surface area contributed by atoms with Crippen LogP contribution in [0.25, 0.3) is 0 Å². The molecule has 4 nitrogen and oxygen atoms in total. The summed E-state index contributed by atoms with van der Waals surface area (Å²) in [5.74, 6) is 0.0787. The number of hydrazone groups is 1. The Morgan fingerprint density at radius 3 is 2.81 bits per heavy atom. The molecule has 1 aliphatic heterocycles. The van der Waals surface area contributed by atoms with Crippen LogP contribution >= 0.6 is 34.5 Å². The quantitative estimate of drug-likeness (QED) is 0.821. The molecule has 2 aromatic rings. The SMILES string of the molecule is O=S1(=O)CC/C(=N\Nc2ccc(Cl)cc2Cl)c2ccsc21. The van der Waals surface area contributed by atoms with Crippen molar-refractivity contribution in [1.29, 1.82) is 0 Å². The van der Waals surface area contributed by atoms with Crippen molar-refractivity contribution in [2.24, 2.45) is 5.10 Å². The van der Waals surface area contributed by atoms with E-state index < -0.39 is 9.84 Å². The van der Waals surface area contributed by atoms with Crippen LogP contribution in [-0.2, 0) is 9.84 Å². The van der Waals surface area contributed by atoms with E-state index >= 15 is 0 Å². The van der Waals surface area contributed by atoms with Crippen LogP contribution in [0.5, 0.6) is 0 Å². The summed E-state index contributed by atoms with van der Waals surface area (Å²) in [6.07, 6.45) is 0.379. The summed E-state index contributed by atoms with van der Waals surface area (Å²) < 4.78 is 24.3. The second-order valence-electron chi connectivity index (χ2n) is 4.49. The first-order valence-corrected chi connectivity index (χ1v) is 9.34. The lowest BCUT2D eigenvalue weighted by atomic mass is 10.1. The van der Waals surface area contributed by atoms with Crippen molar-refractivity contribution in [2.45, 2.75) is 10.6 Å². The highest BCUT2D eigenvalue weighted by molar-refractivity contribution is 7.93. The molecule has 0 spiro atoms. The van der Waals surface area contributed by atoms with E-state index in [1.807, 2.05) is 0 Å². The standard InChI is InChI=1S/C13H10Cl2N2O2S2/c14-8-1-2-12(10(15)7-8)17-16-11-4-6-21(18,19)13-9(11)3-5-20-13/h1-3,5,7,17H,4,6H2/b16-11+.